The van der Waals surface area contributed by atoms with Crippen molar-refractivity contribution in [3.8, 4) is 0 Å². The number of anilines is 1. The third kappa shape index (κ3) is 3.42. The Morgan fingerprint density at radius 2 is 2.35 bits per heavy atom. The van der Waals surface area contributed by atoms with Crippen LogP contribution in [0.25, 0.3) is 0 Å². The number of rotatable bonds is 5. The van der Waals surface area contributed by atoms with Gasteiger partial charge in [-0.05, 0) is 31.6 Å². The van der Waals surface area contributed by atoms with Gasteiger partial charge in [-0.2, -0.15) is 0 Å². The lowest BCUT2D eigenvalue weighted by Crippen LogP contribution is -2.47. The van der Waals surface area contributed by atoms with Crippen LogP contribution >= 0.6 is 23.7 Å². The number of carbonyl (C=O) groups is 1. The highest BCUT2D eigenvalue weighted by Gasteiger charge is 2.33. The van der Waals surface area contributed by atoms with Crippen molar-refractivity contribution in [2.45, 2.75) is 37.8 Å². The molecule has 2 fully saturated rings. The number of halogens is 1. The number of aromatic nitrogens is 1. The molecule has 3 N–H and O–H groups in total. The Morgan fingerprint density at radius 3 is 3.00 bits per heavy atom. The van der Waals surface area contributed by atoms with Crippen molar-refractivity contribution in [1.29, 1.82) is 0 Å². The van der Waals surface area contributed by atoms with Gasteiger partial charge in [-0.25, -0.2) is 4.98 Å². The SMILES string of the molecule is Cl.NC(CNC(=O)C1CCCN1c1nccs1)C1CC1. The molecule has 2 unspecified atom stereocenters. The van der Waals surface area contributed by atoms with E-state index < -0.39 is 0 Å². The Hall–Kier alpha value is -0.850. The molecule has 0 spiro atoms. The standard InChI is InChI=1S/C13H20N4OS.ClH/c14-10(9-3-4-9)8-16-12(18)11-2-1-6-17(11)13-15-5-7-19-13;/h5,7,9-11H,1-4,6,8,14H2,(H,16,18);1H. The maximum atomic E-state index is 12.3. The fraction of sp³-hybridized carbons (Fsp3) is 0.692. The Balaban J connectivity index is 0.00000147. The fourth-order valence-corrected chi connectivity index (χ4v) is 3.37. The van der Waals surface area contributed by atoms with Crippen LogP contribution in [0.1, 0.15) is 25.7 Å². The van der Waals surface area contributed by atoms with Crippen molar-refractivity contribution >= 4 is 34.8 Å². The number of hydrogen-bond donors (Lipinski definition) is 2. The molecule has 1 aliphatic carbocycles. The third-order valence-electron chi connectivity index (χ3n) is 3.96. The molecular formula is C13H21ClN4OS. The summed E-state index contributed by atoms with van der Waals surface area (Å²) in [5, 5.41) is 5.91. The summed E-state index contributed by atoms with van der Waals surface area (Å²) in [4.78, 5) is 18.7. The van der Waals surface area contributed by atoms with E-state index >= 15 is 0 Å². The molecule has 1 saturated heterocycles. The average molecular weight is 317 g/mol. The summed E-state index contributed by atoms with van der Waals surface area (Å²) < 4.78 is 0. The Morgan fingerprint density at radius 1 is 1.55 bits per heavy atom. The monoisotopic (exact) mass is 316 g/mol. The minimum absolute atomic E-state index is 0. The smallest absolute Gasteiger partial charge is 0.242 e. The van der Waals surface area contributed by atoms with E-state index in [1.54, 1.807) is 17.5 Å². The maximum Gasteiger partial charge on any atom is 0.242 e. The molecule has 1 aromatic rings. The lowest BCUT2D eigenvalue weighted by atomic mass is 10.1. The molecule has 112 valence electrons. The van der Waals surface area contributed by atoms with E-state index in [2.05, 4.69) is 15.2 Å². The van der Waals surface area contributed by atoms with Gasteiger partial charge >= 0.3 is 0 Å². The van der Waals surface area contributed by atoms with Gasteiger partial charge in [-0.15, -0.1) is 23.7 Å². The largest absolute Gasteiger partial charge is 0.353 e. The molecule has 1 aliphatic heterocycles. The van der Waals surface area contributed by atoms with Gasteiger partial charge in [-0.3, -0.25) is 4.79 Å². The van der Waals surface area contributed by atoms with Gasteiger partial charge in [0.05, 0.1) is 0 Å². The zero-order chi connectivity index (χ0) is 13.2. The average Bonchev–Trinajstić information content (AvgIpc) is 2.94. The first-order valence-electron chi connectivity index (χ1n) is 6.95. The number of nitrogens with one attached hydrogen (secondary N) is 1. The van der Waals surface area contributed by atoms with Crippen LogP contribution < -0.4 is 16.0 Å². The summed E-state index contributed by atoms with van der Waals surface area (Å²) in [6, 6.07) is 0.0521. The van der Waals surface area contributed by atoms with E-state index in [0.717, 1.165) is 24.5 Å². The van der Waals surface area contributed by atoms with Gasteiger partial charge in [0.1, 0.15) is 6.04 Å². The van der Waals surface area contributed by atoms with Gasteiger partial charge in [0, 0.05) is 30.7 Å². The zero-order valence-corrected chi connectivity index (χ0v) is 13.0. The lowest BCUT2D eigenvalue weighted by Gasteiger charge is -2.23. The van der Waals surface area contributed by atoms with Crippen molar-refractivity contribution in [3.05, 3.63) is 11.6 Å². The molecule has 2 heterocycles. The van der Waals surface area contributed by atoms with Crippen molar-refractivity contribution in [3.63, 3.8) is 0 Å². The quantitative estimate of drug-likeness (QED) is 0.861. The second kappa shape index (κ2) is 6.74. The van der Waals surface area contributed by atoms with Crippen LogP contribution in [0.15, 0.2) is 11.6 Å². The molecule has 5 nitrogen and oxygen atoms in total. The first-order valence-corrected chi connectivity index (χ1v) is 7.83. The van der Waals surface area contributed by atoms with Crippen molar-refractivity contribution < 1.29 is 4.79 Å². The van der Waals surface area contributed by atoms with Crippen molar-refractivity contribution in [2.75, 3.05) is 18.0 Å². The van der Waals surface area contributed by atoms with Gasteiger partial charge in [0.25, 0.3) is 0 Å². The lowest BCUT2D eigenvalue weighted by molar-refractivity contribution is -0.122. The number of carbonyl (C=O) groups excluding carboxylic acids is 1. The number of nitrogens with zero attached hydrogens (tertiary/aromatic N) is 2. The molecule has 2 aliphatic rings. The second-order valence-electron chi connectivity index (χ2n) is 5.41. The molecule has 0 aromatic carbocycles. The zero-order valence-electron chi connectivity index (χ0n) is 11.3. The Bertz CT molecular complexity index is 438. The highest BCUT2D eigenvalue weighted by Crippen LogP contribution is 2.31. The van der Waals surface area contributed by atoms with Crippen LogP contribution in [-0.4, -0.2) is 36.1 Å². The van der Waals surface area contributed by atoms with Crippen LogP contribution in [0, 0.1) is 5.92 Å². The van der Waals surface area contributed by atoms with Crippen LogP contribution in [0.4, 0.5) is 5.13 Å². The van der Waals surface area contributed by atoms with Gasteiger partial charge in [-0.1, -0.05) is 0 Å². The number of nitrogens with two attached hydrogens (primary N) is 1. The minimum atomic E-state index is -0.0717. The van der Waals surface area contributed by atoms with Gasteiger partial charge < -0.3 is 16.0 Å². The van der Waals surface area contributed by atoms with E-state index in [4.69, 9.17) is 5.73 Å². The molecule has 2 atom stereocenters. The first-order chi connectivity index (χ1) is 9.25. The molecule has 1 saturated carbocycles. The van der Waals surface area contributed by atoms with E-state index in [-0.39, 0.29) is 30.4 Å². The van der Waals surface area contributed by atoms with E-state index in [1.807, 2.05) is 5.38 Å². The summed E-state index contributed by atoms with van der Waals surface area (Å²) >= 11 is 1.59. The topological polar surface area (TPSA) is 71.2 Å². The van der Waals surface area contributed by atoms with Crippen LogP contribution in [0.3, 0.4) is 0 Å². The summed E-state index contributed by atoms with van der Waals surface area (Å²) in [6.45, 7) is 1.52. The summed E-state index contributed by atoms with van der Waals surface area (Å²) in [6.07, 6.45) is 6.17. The second-order valence-corrected chi connectivity index (χ2v) is 6.29. The third-order valence-corrected chi connectivity index (χ3v) is 4.77. The predicted molar refractivity (Wildman–Crippen MR) is 83.4 cm³/mol. The van der Waals surface area contributed by atoms with Crippen LogP contribution in [-0.2, 0) is 4.79 Å². The molecular weight excluding hydrogens is 296 g/mol. The van der Waals surface area contributed by atoms with Crippen LogP contribution in [0.2, 0.25) is 0 Å². The van der Waals surface area contributed by atoms with E-state index in [1.165, 1.54) is 12.8 Å². The molecule has 7 heteroatoms. The molecule has 3 rings (SSSR count). The highest BCUT2D eigenvalue weighted by atomic mass is 35.5. The van der Waals surface area contributed by atoms with Gasteiger partial charge in [0.2, 0.25) is 5.91 Å². The Kier molecular flexibility index (Phi) is 5.23. The number of thiazole rings is 1. The maximum absolute atomic E-state index is 12.3. The summed E-state index contributed by atoms with van der Waals surface area (Å²) in [5.74, 6) is 0.725. The number of hydrogen-bond acceptors (Lipinski definition) is 5. The Labute approximate surface area is 129 Å². The molecule has 0 radical (unpaired) electrons. The molecule has 0 bridgehead atoms. The predicted octanol–water partition coefficient (Wildman–Crippen LogP) is 1.39. The van der Waals surface area contributed by atoms with Crippen molar-refractivity contribution in [2.24, 2.45) is 11.7 Å². The van der Waals surface area contributed by atoms with E-state index in [0.29, 0.717) is 12.5 Å². The molecule has 1 aromatic heterocycles. The highest BCUT2D eigenvalue weighted by molar-refractivity contribution is 7.13. The summed E-state index contributed by atoms with van der Waals surface area (Å²) in [7, 11) is 0. The molecule has 20 heavy (non-hydrogen) atoms. The molecule has 1 amide bonds. The fourth-order valence-electron chi connectivity index (χ4n) is 2.65. The van der Waals surface area contributed by atoms with Crippen LogP contribution in [0.5, 0.6) is 0 Å². The van der Waals surface area contributed by atoms with Gasteiger partial charge in [0.15, 0.2) is 5.13 Å². The summed E-state index contributed by atoms with van der Waals surface area (Å²) in [5.41, 5.74) is 6.02. The van der Waals surface area contributed by atoms with Crippen molar-refractivity contribution in [1.82, 2.24) is 10.3 Å². The number of amides is 1. The van der Waals surface area contributed by atoms with E-state index in [9.17, 15) is 4.79 Å². The normalized spacial score (nSPS) is 23.2. The minimum Gasteiger partial charge on any atom is -0.353 e. The first kappa shape index (κ1) is 15.5.